The summed E-state index contributed by atoms with van der Waals surface area (Å²) in [6.07, 6.45) is 2.37. The van der Waals surface area contributed by atoms with Gasteiger partial charge in [0.1, 0.15) is 0 Å². The molecule has 0 bridgehead atoms. The van der Waals surface area contributed by atoms with Gasteiger partial charge in [-0.25, -0.2) is 0 Å². The summed E-state index contributed by atoms with van der Waals surface area (Å²) in [5.74, 6) is 6.22. The van der Waals surface area contributed by atoms with Crippen LogP contribution in [0.1, 0.15) is 12.0 Å². The Hall–Kier alpha value is -1.44. The molecule has 3 nitrogen and oxygen atoms in total. The van der Waals surface area contributed by atoms with Crippen LogP contribution in [0.2, 0.25) is 0 Å². The molecule has 0 aliphatic carbocycles. The molecule has 0 aromatic heterocycles. The number of aliphatic hydroxyl groups is 1. The molecule has 1 aromatic carbocycles. The summed E-state index contributed by atoms with van der Waals surface area (Å²) in [6, 6.07) is 7.33. The summed E-state index contributed by atoms with van der Waals surface area (Å²) in [4.78, 5) is 11.3. The van der Waals surface area contributed by atoms with Crippen LogP contribution in [-0.2, 0) is 4.79 Å². The second-order valence-electron chi connectivity index (χ2n) is 3.33. The van der Waals surface area contributed by atoms with Gasteiger partial charge in [0.15, 0.2) is 0 Å². The fourth-order valence-corrected chi connectivity index (χ4v) is 1.52. The molecule has 0 saturated heterocycles. The Kier molecular flexibility index (Phi) is 6.23. The highest BCUT2D eigenvalue weighted by atomic mass is 32.2. The van der Waals surface area contributed by atoms with Gasteiger partial charge in [0, 0.05) is 17.7 Å². The number of benzene rings is 1. The van der Waals surface area contributed by atoms with Crippen molar-refractivity contribution in [3.8, 4) is 11.8 Å². The molecule has 1 amide bonds. The van der Waals surface area contributed by atoms with Crippen molar-refractivity contribution >= 4 is 23.4 Å². The van der Waals surface area contributed by atoms with Gasteiger partial charge in [-0.05, 0) is 30.5 Å². The van der Waals surface area contributed by atoms with Gasteiger partial charge in [0.25, 0.3) is 0 Å². The molecule has 1 aromatic rings. The molecular weight excluding hydrogens is 234 g/mol. The first-order valence-electron chi connectivity index (χ1n) is 5.25. The fourth-order valence-electron chi connectivity index (χ4n) is 1.19. The van der Waals surface area contributed by atoms with E-state index in [-0.39, 0.29) is 12.5 Å². The molecule has 4 heteroatoms. The van der Waals surface area contributed by atoms with Crippen LogP contribution in [0.5, 0.6) is 0 Å². The molecule has 17 heavy (non-hydrogen) atoms. The van der Waals surface area contributed by atoms with Gasteiger partial charge in [-0.2, -0.15) is 11.8 Å². The molecule has 0 saturated carbocycles. The summed E-state index contributed by atoms with van der Waals surface area (Å²) in [5, 5.41) is 11.4. The van der Waals surface area contributed by atoms with E-state index < -0.39 is 0 Å². The third kappa shape index (κ3) is 5.43. The zero-order valence-electron chi connectivity index (χ0n) is 9.69. The van der Waals surface area contributed by atoms with Crippen LogP contribution in [0.15, 0.2) is 24.3 Å². The smallest absolute Gasteiger partial charge is 0.234 e. The van der Waals surface area contributed by atoms with Gasteiger partial charge < -0.3 is 10.4 Å². The van der Waals surface area contributed by atoms with E-state index >= 15 is 0 Å². The summed E-state index contributed by atoms with van der Waals surface area (Å²) in [7, 11) is 0. The van der Waals surface area contributed by atoms with Crippen LogP contribution in [0.4, 0.5) is 5.69 Å². The summed E-state index contributed by atoms with van der Waals surface area (Å²) < 4.78 is 0. The van der Waals surface area contributed by atoms with E-state index in [0.29, 0.717) is 12.2 Å². The minimum atomic E-state index is -0.00313. The average Bonchev–Trinajstić information content (AvgIpc) is 2.32. The quantitative estimate of drug-likeness (QED) is 0.799. The maximum atomic E-state index is 11.3. The molecule has 0 fully saturated rings. The van der Waals surface area contributed by atoms with Crippen molar-refractivity contribution in [1.29, 1.82) is 0 Å². The third-order valence-corrected chi connectivity index (χ3v) is 2.46. The SMILES string of the molecule is CSCC(=O)Nc1ccc(C#CCCO)cc1. The molecule has 0 aliphatic rings. The lowest BCUT2D eigenvalue weighted by Crippen LogP contribution is -2.13. The predicted molar refractivity (Wildman–Crippen MR) is 72.0 cm³/mol. The zero-order valence-corrected chi connectivity index (χ0v) is 10.5. The number of aliphatic hydroxyl groups excluding tert-OH is 1. The highest BCUT2D eigenvalue weighted by Gasteiger charge is 1.99. The van der Waals surface area contributed by atoms with E-state index in [9.17, 15) is 4.79 Å². The fraction of sp³-hybridized carbons (Fsp3) is 0.308. The highest BCUT2D eigenvalue weighted by Crippen LogP contribution is 2.09. The number of anilines is 1. The standard InChI is InChI=1S/C13H15NO2S/c1-17-10-13(16)14-12-7-5-11(6-8-12)4-2-3-9-15/h5-8,15H,3,9-10H2,1H3,(H,14,16). The molecule has 2 N–H and O–H groups in total. The Morgan fingerprint density at radius 1 is 1.41 bits per heavy atom. The Labute approximate surface area is 106 Å². The monoisotopic (exact) mass is 249 g/mol. The normalized spacial score (nSPS) is 9.29. The third-order valence-electron chi connectivity index (χ3n) is 1.91. The van der Waals surface area contributed by atoms with Crippen LogP contribution < -0.4 is 5.32 Å². The average molecular weight is 249 g/mol. The molecule has 0 unspecified atom stereocenters. The Morgan fingerprint density at radius 2 is 2.12 bits per heavy atom. The molecule has 0 aliphatic heterocycles. The Balaban J connectivity index is 2.56. The first-order valence-corrected chi connectivity index (χ1v) is 6.64. The van der Waals surface area contributed by atoms with Crippen LogP contribution in [0, 0.1) is 11.8 Å². The van der Waals surface area contributed by atoms with Crippen LogP contribution in [0.3, 0.4) is 0 Å². The first kappa shape index (κ1) is 13.6. The minimum Gasteiger partial charge on any atom is -0.395 e. The number of thioether (sulfide) groups is 1. The molecular formula is C13H15NO2S. The van der Waals surface area contributed by atoms with Crippen molar-refractivity contribution in [3.63, 3.8) is 0 Å². The lowest BCUT2D eigenvalue weighted by Gasteiger charge is -2.03. The Bertz CT molecular complexity index is 417. The summed E-state index contributed by atoms with van der Waals surface area (Å²) in [5.41, 5.74) is 1.65. The number of carbonyl (C=O) groups is 1. The lowest BCUT2D eigenvalue weighted by atomic mass is 10.2. The topological polar surface area (TPSA) is 49.3 Å². The number of hydrogen-bond donors (Lipinski definition) is 2. The maximum Gasteiger partial charge on any atom is 0.234 e. The van der Waals surface area contributed by atoms with Crippen molar-refractivity contribution in [1.82, 2.24) is 0 Å². The highest BCUT2D eigenvalue weighted by molar-refractivity contribution is 7.99. The number of amides is 1. The van der Waals surface area contributed by atoms with Crippen molar-refractivity contribution < 1.29 is 9.90 Å². The van der Waals surface area contributed by atoms with Crippen molar-refractivity contribution in [2.75, 3.05) is 23.9 Å². The number of nitrogens with one attached hydrogen (secondary N) is 1. The van der Waals surface area contributed by atoms with Crippen molar-refractivity contribution in [3.05, 3.63) is 29.8 Å². The van der Waals surface area contributed by atoms with Gasteiger partial charge in [0.05, 0.1) is 12.4 Å². The van der Waals surface area contributed by atoms with E-state index in [0.717, 1.165) is 11.3 Å². The van der Waals surface area contributed by atoms with Gasteiger partial charge in [0.2, 0.25) is 5.91 Å². The summed E-state index contributed by atoms with van der Waals surface area (Å²) in [6.45, 7) is 0.0792. The van der Waals surface area contributed by atoms with Gasteiger partial charge in [-0.3, -0.25) is 4.79 Å². The number of hydrogen-bond acceptors (Lipinski definition) is 3. The first-order chi connectivity index (χ1) is 8.26. The van der Waals surface area contributed by atoms with Gasteiger partial charge >= 0.3 is 0 Å². The van der Waals surface area contributed by atoms with Crippen molar-refractivity contribution in [2.24, 2.45) is 0 Å². The van der Waals surface area contributed by atoms with E-state index in [4.69, 9.17) is 5.11 Å². The number of rotatable bonds is 4. The molecule has 1 rings (SSSR count). The zero-order chi connectivity index (χ0) is 12.5. The Morgan fingerprint density at radius 3 is 2.71 bits per heavy atom. The van der Waals surface area contributed by atoms with E-state index in [2.05, 4.69) is 17.2 Å². The summed E-state index contributed by atoms with van der Waals surface area (Å²) >= 11 is 1.49. The molecule has 0 spiro atoms. The second kappa shape index (κ2) is 7.77. The van der Waals surface area contributed by atoms with E-state index in [1.54, 1.807) is 0 Å². The van der Waals surface area contributed by atoms with Gasteiger partial charge in [-0.15, -0.1) is 0 Å². The second-order valence-corrected chi connectivity index (χ2v) is 4.20. The largest absolute Gasteiger partial charge is 0.395 e. The lowest BCUT2D eigenvalue weighted by molar-refractivity contribution is -0.113. The number of carbonyl (C=O) groups excluding carboxylic acids is 1. The molecule has 0 radical (unpaired) electrons. The minimum absolute atomic E-state index is 0.00313. The molecule has 90 valence electrons. The molecule has 0 atom stereocenters. The predicted octanol–water partition coefficient (Wildman–Crippen LogP) is 1.72. The molecule has 0 heterocycles. The van der Waals surface area contributed by atoms with Crippen LogP contribution >= 0.6 is 11.8 Å². The van der Waals surface area contributed by atoms with Crippen LogP contribution in [-0.4, -0.2) is 29.6 Å². The van der Waals surface area contributed by atoms with E-state index in [1.165, 1.54) is 11.8 Å². The van der Waals surface area contributed by atoms with Gasteiger partial charge in [-0.1, -0.05) is 11.8 Å². The van der Waals surface area contributed by atoms with Crippen LogP contribution in [0.25, 0.3) is 0 Å². The van der Waals surface area contributed by atoms with E-state index in [1.807, 2.05) is 30.5 Å². The van der Waals surface area contributed by atoms with Crippen molar-refractivity contribution in [2.45, 2.75) is 6.42 Å². The maximum absolute atomic E-state index is 11.3.